The summed E-state index contributed by atoms with van der Waals surface area (Å²) in [4.78, 5) is 25.8. The topological polar surface area (TPSA) is 113 Å². The molecule has 3 amide bonds. The zero-order valence-corrected chi connectivity index (χ0v) is 14.7. The van der Waals surface area contributed by atoms with Crippen LogP contribution in [0.15, 0.2) is 44.5 Å². The van der Waals surface area contributed by atoms with Gasteiger partial charge in [-0.15, -0.1) is 0 Å². The maximum absolute atomic E-state index is 12.7. The van der Waals surface area contributed by atoms with Gasteiger partial charge in [0.15, 0.2) is 5.54 Å². The van der Waals surface area contributed by atoms with Gasteiger partial charge in [-0.2, -0.15) is 0 Å². The lowest BCUT2D eigenvalue weighted by Gasteiger charge is -2.18. The molecule has 3 heterocycles. The molecule has 0 bridgehead atoms. The van der Waals surface area contributed by atoms with Crippen LogP contribution in [-0.2, 0) is 26.9 Å². The van der Waals surface area contributed by atoms with E-state index in [9.17, 15) is 18.0 Å². The fourth-order valence-corrected chi connectivity index (χ4v) is 3.30. The average Bonchev–Trinajstić information content (AvgIpc) is 3.26. The number of nitrogens with one attached hydrogen (secondary N) is 1. The molecule has 1 aliphatic rings. The van der Waals surface area contributed by atoms with Crippen LogP contribution < -0.4 is 5.32 Å². The Hall–Kier alpha value is -2.59. The van der Waals surface area contributed by atoms with E-state index in [1.165, 1.54) is 39.4 Å². The SMILES string of the molecule is CN(C)S(=O)(=O)c1ccc(CN2C(=O)NC(C)(c3ccco3)C2=O)o1. The van der Waals surface area contributed by atoms with E-state index in [2.05, 4.69) is 5.32 Å². The van der Waals surface area contributed by atoms with Gasteiger partial charge in [-0.05, 0) is 31.2 Å². The molecule has 1 atom stereocenters. The standard InChI is InChI=1S/C15H17N3O6S/c1-15(11-5-4-8-23-11)13(19)18(14(20)16-15)9-10-6-7-12(24-10)25(21,22)17(2)3/h4-8H,9H2,1-3H3,(H,16,20). The van der Waals surface area contributed by atoms with Crippen LogP contribution in [0, 0.1) is 0 Å². The van der Waals surface area contributed by atoms with Gasteiger partial charge in [0, 0.05) is 14.1 Å². The highest BCUT2D eigenvalue weighted by atomic mass is 32.2. The van der Waals surface area contributed by atoms with Crippen molar-refractivity contribution in [3.8, 4) is 0 Å². The van der Waals surface area contributed by atoms with E-state index in [4.69, 9.17) is 8.83 Å². The summed E-state index contributed by atoms with van der Waals surface area (Å²) < 4.78 is 35.6. The fourth-order valence-electron chi connectivity index (χ4n) is 2.49. The number of nitrogens with zero attached hydrogens (tertiary/aromatic N) is 2. The Morgan fingerprint density at radius 1 is 1.24 bits per heavy atom. The highest BCUT2D eigenvalue weighted by Gasteiger charge is 2.51. The lowest BCUT2D eigenvalue weighted by molar-refractivity contribution is -0.132. The van der Waals surface area contributed by atoms with Gasteiger partial charge in [0.05, 0.1) is 12.8 Å². The summed E-state index contributed by atoms with van der Waals surface area (Å²) in [6.45, 7) is 1.35. The quantitative estimate of drug-likeness (QED) is 0.792. The first-order valence-corrected chi connectivity index (χ1v) is 8.79. The molecule has 1 N–H and O–H groups in total. The van der Waals surface area contributed by atoms with Crippen LogP contribution in [0.4, 0.5) is 4.79 Å². The molecule has 1 fully saturated rings. The maximum Gasteiger partial charge on any atom is 0.325 e. The van der Waals surface area contributed by atoms with Gasteiger partial charge in [-0.3, -0.25) is 9.69 Å². The first-order valence-electron chi connectivity index (χ1n) is 7.35. The van der Waals surface area contributed by atoms with E-state index in [1.54, 1.807) is 12.1 Å². The molecule has 134 valence electrons. The molecule has 1 aliphatic heterocycles. The minimum Gasteiger partial charge on any atom is -0.466 e. The third-order valence-corrected chi connectivity index (χ3v) is 5.66. The third-order valence-electron chi connectivity index (χ3n) is 3.97. The average molecular weight is 367 g/mol. The van der Waals surface area contributed by atoms with Crippen molar-refractivity contribution in [2.45, 2.75) is 24.1 Å². The molecular weight excluding hydrogens is 350 g/mol. The Labute approximate surface area is 144 Å². The molecule has 0 aromatic carbocycles. The zero-order chi connectivity index (χ0) is 18.4. The lowest BCUT2D eigenvalue weighted by atomic mass is 9.99. The van der Waals surface area contributed by atoms with E-state index in [0.29, 0.717) is 5.76 Å². The summed E-state index contributed by atoms with van der Waals surface area (Å²) in [5, 5.41) is 2.33. The van der Waals surface area contributed by atoms with Gasteiger partial charge in [0.1, 0.15) is 11.5 Å². The van der Waals surface area contributed by atoms with Crippen LogP contribution in [0.5, 0.6) is 0 Å². The highest BCUT2D eigenvalue weighted by Crippen LogP contribution is 2.30. The minimum absolute atomic E-state index is 0.174. The molecule has 9 nitrogen and oxygen atoms in total. The number of hydrogen-bond donors (Lipinski definition) is 1. The van der Waals surface area contributed by atoms with Crippen molar-refractivity contribution < 1.29 is 26.8 Å². The number of furan rings is 2. The molecule has 1 saturated heterocycles. The molecule has 0 radical (unpaired) electrons. The Kier molecular flexibility index (Phi) is 3.96. The van der Waals surface area contributed by atoms with Gasteiger partial charge in [0.2, 0.25) is 5.09 Å². The molecule has 25 heavy (non-hydrogen) atoms. The lowest BCUT2D eigenvalue weighted by Crippen LogP contribution is -2.40. The van der Waals surface area contributed by atoms with Gasteiger partial charge in [0.25, 0.3) is 15.9 Å². The van der Waals surface area contributed by atoms with Crippen LogP contribution in [0.3, 0.4) is 0 Å². The van der Waals surface area contributed by atoms with Crippen molar-refractivity contribution in [1.29, 1.82) is 0 Å². The van der Waals surface area contributed by atoms with E-state index < -0.39 is 27.5 Å². The van der Waals surface area contributed by atoms with Crippen LogP contribution >= 0.6 is 0 Å². The van der Waals surface area contributed by atoms with Gasteiger partial charge in [-0.1, -0.05) is 0 Å². The predicted molar refractivity (Wildman–Crippen MR) is 84.7 cm³/mol. The molecular formula is C15H17N3O6S. The normalized spacial score (nSPS) is 21.2. The molecule has 0 spiro atoms. The second-order valence-electron chi connectivity index (χ2n) is 5.93. The molecule has 10 heteroatoms. The summed E-state index contributed by atoms with van der Waals surface area (Å²) in [6.07, 6.45) is 1.41. The predicted octanol–water partition coefficient (Wildman–Crippen LogP) is 1.09. The number of carbonyl (C=O) groups is 2. The van der Waals surface area contributed by atoms with E-state index in [-0.39, 0.29) is 17.4 Å². The summed E-state index contributed by atoms with van der Waals surface area (Å²) in [6, 6.07) is 5.30. The Bertz CT molecular complexity index is 915. The second-order valence-corrected chi connectivity index (χ2v) is 8.01. The largest absolute Gasteiger partial charge is 0.466 e. The zero-order valence-electron chi connectivity index (χ0n) is 13.8. The van der Waals surface area contributed by atoms with Crippen LogP contribution in [0.1, 0.15) is 18.4 Å². The van der Waals surface area contributed by atoms with Gasteiger partial charge >= 0.3 is 6.03 Å². The van der Waals surface area contributed by atoms with Crippen LogP contribution in [0.25, 0.3) is 0 Å². The Balaban J connectivity index is 1.84. The summed E-state index contributed by atoms with van der Waals surface area (Å²) >= 11 is 0. The van der Waals surface area contributed by atoms with E-state index >= 15 is 0 Å². The molecule has 2 aromatic rings. The number of amides is 3. The number of sulfonamides is 1. The fraction of sp³-hybridized carbons (Fsp3) is 0.333. The summed E-state index contributed by atoms with van der Waals surface area (Å²) in [5.74, 6) is -0.0304. The first kappa shape index (κ1) is 17.2. The molecule has 2 aromatic heterocycles. The first-order chi connectivity index (χ1) is 11.7. The number of carbonyl (C=O) groups excluding carboxylic acids is 2. The van der Waals surface area contributed by atoms with Crippen molar-refractivity contribution in [2.24, 2.45) is 0 Å². The Morgan fingerprint density at radius 3 is 2.56 bits per heavy atom. The van der Waals surface area contributed by atoms with Gasteiger partial charge in [-0.25, -0.2) is 17.5 Å². The van der Waals surface area contributed by atoms with Crippen molar-refractivity contribution in [3.05, 3.63) is 42.0 Å². The minimum atomic E-state index is -3.73. The van der Waals surface area contributed by atoms with E-state index in [1.807, 2.05) is 0 Å². The molecule has 3 rings (SSSR count). The number of rotatable bonds is 5. The number of imide groups is 1. The van der Waals surface area contributed by atoms with Crippen molar-refractivity contribution in [1.82, 2.24) is 14.5 Å². The summed E-state index contributed by atoms with van der Waals surface area (Å²) in [7, 11) is -0.970. The molecule has 0 saturated carbocycles. The van der Waals surface area contributed by atoms with Crippen LogP contribution in [-0.4, -0.2) is 43.7 Å². The maximum atomic E-state index is 12.7. The Morgan fingerprint density at radius 2 is 1.96 bits per heavy atom. The second kappa shape index (κ2) is 5.74. The van der Waals surface area contributed by atoms with Crippen molar-refractivity contribution >= 4 is 22.0 Å². The smallest absolute Gasteiger partial charge is 0.325 e. The number of urea groups is 1. The summed E-state index contributed by atoms with van der Waals surface area (Å²) in [5.41, 5.74) is -1.31. The van der Waals surface area contributed by atoms with Crippen molar-refractivity contribution in [2.75, 3.05) is 14.1 Å². The van der Waals surface area contributed by atoms with Crippen LogP contribution in [0.2, 0.25) is 0 Å². The highest BCUT2D eigenvalue weighted by molar-refractivity contribution is 7.88. The van der Waals surface area contributed by atoms with E-state index in [0.717, 1.165) is 9.21 Å². The van der Waals surface area contributed by atoms with Gasteiger partial charge < -0.3 is 14.2 Å². The monoisotopic (exact) mass is 367 g/mol. The van der Waals surface area contributed by atoms with Crippen molar-refractivity contribution in [3.63, 3.8) is 0 Å². The number of hydrogen-bond acceptors (Lipinski definition) is 6. The molecule has 0 aliphatic carbocycles. The third kappa shape index (κ3) is 2.72. The molecule has 1 unspecified atom stereocenters.